The minimum absolute atomic E-state index is 0.00212. The summed E-state index contributed by atoms with van der Waals surface area (Å²) in [5, 5.41) is -0.00212. The van der Waals surface area contributed by atoms with E-state index in [0.29, 0.717) is 11.3 Å². The van der Waals surface area contributed by atoms with E-state index in [0.717, 1.165) is 41.1 Å². The Morgan fingerprint density at radius 3 is 2.42 bits per heavy atom. The summed E-state index contributed by atoms with van der Waals surface area (Å²) in [7, 11) is 0. The Labute approximate surface area is 181 Å². The lowest BCUT2D eigenvalue weighted by Crippen LogP contribution is -2.29. The van der Waals surface area contributed by atoms with Crippen molar-refractivity contribution in [1.82, 2.24) is 9.97 Å². The zero-order chi connectivity index (χ0) is 22.2. The molecule has 3 aromatic rings. The number of fused-ring (bicyclic) bond motifs is 1. The number of alkyl halides is 3. The van der Waals surface area contributed by atoms with Crippen molar-refractivity contribution < 1.29 is 17.6 Å². The van der Waals surface area contributed by atoms with Crippen LogP contribution in [0.4, 0.5) is 17.6 Å². The molecule has 2 aromatic carbocycles. The van der Waals surface area contributed by atoms with Gasteiger partial charge in [0.2, 0.25) is 0 Å². The third-order valence-electron chi connectivity index (χ3n) is 4.86. The fraction of sp³-hybridized carbons (Fsp3) is 0.261. The molecule has 0 fully saturated rings. The van der Waals surface area contributed by atoms with Crippen LogP contribution in [0.15, 0.2) is 64.7 Å². The van der Waals surface area contributed by atoms with E-state index in [9.17, 15) is 17.6 Å². The number of hydrogen-bond donors (Lipinski definition) is 0. The fourth-order valence-electron chi connectivity index (χ4n) is 3.53. The van der Waals surface area contributed by atoms with Crippen molar-refractivity contribution in [2.75, 3.05) is 5.75 Å². The van der Waals surface area contributed by atoms with E-state index in [4.69, 9.17) is 4.99 Å². The molecule has 2 heterocycles. The smallest absolute Gasteiger partial charge is 0.282 e. The molecular weight excluding hydrogens is 426 g/mol. The maximum absolute atomic E-state index is 13.4. The summed E-state index contributed by atoms with van der Waals surface area (Å²) in [5.41, 5.74) is 2.12. The number of halogens is 4. The van der Waals surface area contributed by atoms with Gasteiger partial charge in [-0.1, -0.05) is 36.0 Å². The number of nitrogens with zero attached hydrogens (tertiary/aromatic N) is 3. The first-order valence-corrected chi connectivity index (χ1v) is 10.6. The fourth-order valence-corrected chi connectivity index (χ4v) is 4.35. The second-order valence-electron chi connectivity index (χ2n) is 7.92. The molecule has 0 unspecified atom stereocenters. The van der Waals surface area contributed by atoms with Gasteiger partial charge in [0.25, 0.3) is 0 Å². The van der Waals surface area contributed by atoms with Crippen LogP contribution in [0, 0.1) is 5.82 Å². The van der Waals surface area contributed by atoms with E-state index in [1.807, 2.05) is 38.1 Å². The van der Waals surface area contributed by atoms with Crippen molar-refractivity contribution in [2.24, 2.45) is 4.99 Å². The second-order valence-corrected chi connectivity index (χ2v) is 8.86. The number of aromatic nitrogens is 2. The summed E-state index contributed by atoms with van der Waals surface area (Å²) >= 11 is 1.11. The second kappa shape index (κ2) is 8.07. The molecule has 4 rings (SSSR count). The van der Waals surface area contributed by atoms with Crippen LogP contribution >= 0.6 is 11.8 Å². The lowest BCUT2D eigenvalue weighted by atomic mass is 9.87. The third-order valence-corrected chi connectivity index (χ3v) is 5.72. The molecule has 0 saturated heterocycles. The molecule has 160 valence electrons. The van der Waals surface area contributed by atoms with Crippen molar-refractivity contribution in [3.8, 4) is 11.3 Å². The molecular formula is C23H19F4N3S. The maximum atomic E-state index is 13.4. The number of benzene rings is 2. The molecule has 8 heteroatoms. The van der Waals surface area contributed by atoms with Crippen LogP contribution in [0.5, 0.6) is 0 Å². The van der Waals surface area contributed by atoms with Crippen molar-refractivity contribution in [3.05, 3.63) is 77.2 Å². The normalized spacial score (nSPS) is 15.4. The molecule has 0 atom stereocenters. The molecule has 31 heavy (non-hydrogen) atoms. The standard InChI is InChI=1S/C23H19F4N3S/c1-22(2)12-15-5-3-4-6-17(15)19(30-22)13-31-21-28-18(11-20(29-21)23(25,26)27)14-7-9-16(24)10-8-14/h3-11H,12-13H2,1-2H3. The molecule has 0 radical (unpaired) electrons. The van der Waals surface area contributed by atoms with Gasteiger partial charge in [-0.15, -0.1) is 0 Å². The highest BCUT2D eigenvalue weighted by Gasteiger charge is 2.34. The molecule has 1 aliphatic heterocycles. The predicted octanol–water partition coefficient (Wildman–Crippen LogP) is 6.22. The zero-order valence-corrected chi connectivity index (χ0v) is 17.7. The van der Waals surface area contributed by atoms with E-state index in [2.05, 4.69) is 9.97 Å². The van der Waals surface area contributed by atoms with Crippen molar-refractivity contribution in [3.63, 3.8) is 0 Å². The summed E-state index contributed by atoms with van der Waals surface area (Å²) < 4.78 is 53.5. The van der Waals surface area contributed by atoms with E-state index in [1.165, 1.54) is 24.3 Å². The van der Waals surface area contributed by atoms with Gasteiger partial charge in [-0.3, -0.25) is 4.99 Å². The summed E-state index contributed by atoms with van der Waals surface area (Å²) in [6.07, 6.45) is -3.82. The summed E-state index contributed by atoms with van der Waals surface area (Å²) in [6, 6.07) is 14.0. The minimum Gasteiger partial charge on any atom is -0.282 e. The predicted molar refractivity (Wildman–Crippen MR) is 114 cm³/mol. The van der Waals surface area contributed by atoms with Crippen LogP contribution in [0.25, 0.3) is 11.3 Å². The molecule has 3 nitrogen and oxygen atoms in total. The summed E-state index contributed by atoms with van der Waals surface area (Å²) in [6.45, 7) is 4.06. The SMILES string of the molecule is CC1(C)Cc2ccccc2C(CSc2nc(-c3ccc(F)cc3)cc(C(F)(F)F)n2)=N1. The largest absolute Gasteiger partial charge is 0.433 e. The highest BCUT2D eigenvalue weighted by Crippen LogP contribution is 2.33. The molecule has 0 N–H and O–H groups in total. The molecule has 0 saturated carbocycles. The van der Waals surface area contributed by atoms with Crippen molar-refractivity contribution in [2.45, 2.75) is 37.1 Å². The first kappa shape index (κ1) is 21.5. The summed E-state index contributed by atoms with van der Waals surface area (Å²) in [5.74, 6) is -0.134. The first-order valence-electron chi connectivity index (χ1n) is 9.63. The number of aliphatic imine (C=N–C) groups is 1. The average Bonchev–Trinajstić information content (AvgIpc) is 2.71. The number of rotatable bonds is 4. The Kier molecular flexibility index (Phi) is 5.60. The van der Waals surface area contributed by atoms with Gasteiger partial charge in [0.1, 0.15) is 11.5 Å². The van der Waals surface area contributed by atoms with Gasteiger partial charge in [-0.25, -0.2) is 14.4 Å². The highest BCUT2D eigenvalue weighted by molar-refractivity contribution is 7.99. The Bertz CT molecular complexity index is 1140. The van der Waals surface area contributed by atoms with Crippen LogP contribution in [-0.4, -0.2) is 27.0 Å². The summed E-state index contributed by atoms with van der Waals surface area (Å²) in [4.78, 5) is 12.8. The Balaban J connectivity index is 1.67. The van der Waals surface area contributed by atoms with Gasteiger partial charge in [-0.05, 0) is 61.7 Å². The van der Waals surface area contributed by atoms with E-state index in [-0.39, 0.29) is 16.4 Å². The zero-order valence-electron chi connectivity index (χ0n) is 16.9. The minimum atomic E-state index is -4.62. The molecule has 0 aliphatic carbocycles. The van der Waals surface area contributed by atoms with Gasteiger partial charge >= 0.3 is 6.18 Å². The monoisotopic (exact) mass is 445 g/mol. The van der Waals surface area contributed by atoms with Crippen LogP contribution in [0.3, 0.4) is 0 Å². The van der Waals surface area contributed by atoms with E-state index >= 15 is 0 Å². The van der Waals surface area contributed by atoms with Crippen molar-refractivity contribution >= 4 is 17.5 Å². The van der Waals surface area contributed by atoms with Gasteiger partial charge in [-0.2, -0.15) is 13.2 Å². The Morgan fingerprint density at radius 1 is 1.00 bits per heavy atom. The molecule has 1 aromatic heterocycles. The van der Waals surface area contributed by atoms with Crippen LogP contribution in [-0.2, 0) is 12.6 Å². The van der Waals surface area contributed by atoms with Crippen LogP contribution in [0.2, 0.25) is 0 Å². The topological polar surface area (TPSA) is 38.1 Å². The average molecular weight is 445 g/mol. The lowest BCUT2D eigenvalue weighted by molar-refractivity contribution is -0.141. The third kappa shape index (κ3) is 4.95. The first-order chi connectivity index (χ1) is 14.6. The van der Waals surface area contributed by atoms with Gasteiger partial charge in [0.05, 0.1) is 16.9 Å². The van der Waals surface area contributed by atoms with Crippen LogP contribution in [0.1, 0.15) is 30.7 Å². The maximum Gasteiger partial charge on any atom is 0.433 e. The molecule has 0 spiro atoms. The number of hydrogen-bond acceptors (Lipinski definition) is 4. The molecule has 1 aliphatic rings. The number of thioether (sulfide) groups is 1. The van der Waals surface area contributed by atoms with E-state index < -0.39 is 17.7 Å². The van der Waals surface area contributed by atoms with Crippen molar-refractivity contribution in [1.29, 1.82) is 0 Å². The molecule has 0 bridgehead atoms. The van der Waals surface area contributed by atoms with Gasteiger partial charge in [0, 0.05) is 11.3 Å². The van der Waals surface area contributed by atoms with Gasteiger partial charge < -0.3 is 0 Å². The van der Waals surface area contributed by atoms with Gasteiger partial charge in [0.15, 0.2) is 5.16 Å². The Morgan fingerprint density at radius 2 is 1.71 bits per heavy atom. The lowest BCUT2D eigenvalue weighted by Gasteiger charge is -2.29. The molecule has 0 amide bonds. The van der Waals surface area contributed by atoms with Crippen LogP contribution < -0.4 is 0 Å². The highest BCUT2D eigenvalue weighted by atomic mass is 32.2. The quantitative estimate of drug-likeness (QED) is 0.272. The van der Waals surface area contributed by atoms with E-state index in [1.54, 1.807) is 0 Å². The Hall–Kier alpha value is -2.74.